The average molecular weight is 268 g/mol. The molecule has 0 aliphatic carbocycles. The van der Waals surface area contributed by atoms with Gasteiger partial charge in [-0.2, -0.15) is 0 Å². The minimum absolute atomic E-state index is 0.110. The first kappa shape index (κ1) is 15.6. The van der Waals surface area contributed by atoms with Crippen molar-refractivity contribution in [3.8, 4) is 0 Å². The van der Waals surface area contributed by atoms with Crippen molar-refractivity contribution in [2.45, 2.75) is 13.0 Å². The fourth-order valence-electron chi connectivity index (χ4n) is 1.59. The smallest absolute Gasteiger partial charge is 0.269 e. The van der Waals surface area contributed by atoms with Crippen LogP contribution in [0.3, 0.4) is 0 Å². The Kier molecular flexibility index (Phi) is 7.02. The Morgan fingerprint density at radius 3 is 2.53 bits per heavy atom. The van der Waals surface area contributed by atoms with Gasteiger partial charge in [0.2, 0.25) is 0 Å². The third-order valence-electron chi connectivity index (χ3n) is 2.73. The second kappa shape index (κ2) is 8.58. The molecule has 1 aromatic carbocycles. The van der Waals surface area contributed by atoms with Gasteiger partial charge in [-0.1, -0.05) is 12.1 Å². The molecule has 1 N–H and O–H groups in total. The van der Waals surface area contributed by atoms with Crippen molar-refractivity contribution in [2.24, 2.45) is 0 Å². The van der Waals surface area contributed by atoms with E-state index in [1.165, 1.54) is 12.1 Å². The number of hydrogen-bond acceptors (Lipinski definition) is 5. The molecule has 0 aromatic heterocycles. The summed E-state index contributed by atoms with van der Waals surface area (Å²) < 4.78 is 10.2. The number of non-ortho nitro benzene ring substituents is 1. The maximum absolute atomic E-state index is 10.5. The van der Waals surface area contributed by atoms with Gasteiger partial charge in [-0.3, -0.25) is 10.1 Å². The highest BCUT2D eigenvalue weighted by molar-refractivity contribution is 5.33. The Morgan fingerprint density at radius 1 is 1.26 bits per heavy atom. The number of nitro benzene ring substituents is 1. The van der Waals surface area contributed by atoms with E-state index < -0.39 is 4.92 Å². The lowest BCUT2D eigenvalue weighted by Crippen LogP contribution is -2.23. The lowest BCUT2D eigenvalue weighted by atomic mass is 10.1. The highest BCUT2D eigenvalue weighted by Crippen LogP contribution is 2.17. The molecule has 1 unspecified atom stereocenters. The van der Waals surface area contributed by atoms with Gasteiger partial charge in [-0.15, -0.1) is 0 Å². The van der Waals surface area contributed by atoms with Crippen molar-refractivity contribution in [2.75, 3.05) is 33.5 Å². The lowest BCUT2D eigenvalue weighted by molar-refractivity contribution is -0.384. The molecule has 0 bridgehead atoms. The second-order valence-electron chi connectivity index (χ2n) is 4.13. The zero-order valence-corrected chi connectivity index (χ0v) is 11.3. The molecule has 0 saturated carbocycles. The van der Waals surface area contributed by atoms with Crippen molar-refractivity contribution in [1.29, 1.82) is 0 Å². The summed E-state index contributed by atoms with van der Waals surface area (Å²) in [6.45, 7) is 4.53. The summed E-state index contributed by atoms with van der Waals surface area (Å²) in [5.41, 5.74) is 1.13. The highest BCUT2D eigenvalue weighted by Gasteiger charge is 2.08. The van der Waals surface area contributed by atoms with Gasteiger partial charge in [0.05, 0.1) is 24.7 Å². The largest absolute Gasteiger partial charge is 0.382 e. The third-order valence-corrected chi connectivity index (χ3v) is 2.73. The van der Waals surface area contributed by atoms with Gasteiger partial charge < -0.3 is 14.8 Å². The van der Waals surface area contributed by atoms with Crippen molar-refractivity contribution in [3.05, 3.63) is 39.9 Å². The van der Waals surface area contributed by atoms with Crippen molar-refractivity contribution in [1.82, 2.24) is 5.32 Å². The molecule has 0 aliphatic rings. The molecule has 106 valence electrons. The molecule has 6 nitrogen and oxygen atoms in total. The van der Waals surface area contributed by atoms with Crippen LogP contribution < -0.4 is 5.32 Å². The predicted octanol–water partition coefficient (Wildman–Crippen LogP) is 1.91. The van der Waals surface area contributed by atoms with Crippen LogP contribution in [0.4, 0.5) is 5.69 Å². The van der Waals surface area contributed by atoms with Crippen LogP contribution in [0.5, 0.6) is 0 Å². The number of methoxy groups -OCH3 is 1. The average Bonchev–Trinajstić information content (AvgIpc) is 2.42. The van der Waals surface area contributed by atoms with E-state index in [0.29, 0.717) is 19.8 Å². The van der Waals surface area contributed by atoms with E-state index in [2.05, 4.69) is 5.32 Å². The monoisotopic (exact) mass is 268 g/mol. The zero-order valence-electron chi connectivity index (χ0n) is 11.3. The molecule has 1 atom stereocenters. The molecule has 19 heavy (non-hydrogen) atoms. The van der Waals surface area contributed by atoms with Crippen LogP contribution in [0.2, 0.25) is 0 Å². The van der Waals surface area contributed by atoms with Crippen LogP contribution in [-0.2, 0) is 9.47 Å². The molecule has 0 fully saturated rings. The standard InChI is InChI=1S/C13H20N2O4/c1-11(14-7-8-19-10-9-18-2)12-3-5-13(6-4-12)15(16)17/h3-6,11,14H,7-10H2,1-2H3. The first-order chi connectivity index (χ1) is 9.15. The first-order valence-electron chi connectivity index (χ1n) is 6.19. The fourth-order valence-corrected chi connectivity index (χ4v) is 1.59. The van der Waals surface area contributed by atoms with Crippen molar-refractivity contribution >= 4 is 5.69 Å². The number of rotatable bonds is 9. The number of ether oxygens (including phenoxy) is 2. The van der Waals surface area contributed by atoms with Crippen LogP contribution >= 0.6 is 0 Å². The lowest BCUT2D eigenvalue weighted by Gasteiger charge is -2.14. The van der Waals surface area contributed by atoms with E-state index in [9.17, 15) is 10.1 Å². The van der Waals surface area contributed by atoms with Crippen LogP contribution in [-0.4, -0.2) is 38.4 Å². The van der Waals surface area contributed by atoms with E-state index in [1.54, 1.807) is 19.2 Å². The van der Waals surface area contributed by atoms with Gasteiger partial charge >= 0.3 is 0 Å². The molecule has 1 aromatic rings. The summed E-state index contributed by atoms with van der Waals surface area (Å²) >= 11 is 0. The molecular formula is C13H20N2O4. The number of benzene rings is 1. The molecule has 1 rings (SSSR count). The molecular weight excluding hydrogens is 248 g/mol. The molecule has 0 spiro atoms. The minimum Gasteiger partial charge on any atom is -0.382 e. The Labute approximate surface area is 112 Å². The van der Waals surface area contributed by atoms with Gasteiger partial charge in [0, 0.05) is 31.8 Å². The van der Waals surface area contributed by atoms with Gasteiger partial charge in [0.1, 0.15) is 0 Å². The molecule has 0 radical (unpaired) electrons. The van der Waals surface area contributed by atoms with Crippen molar-refractivity contribution in [3.63, 3.8) is 0 Å². The van der Waals surface area contributed by atoms with Gasteiger partial charge in [-0.25, -0.2) is 0 Å². The van der Waals surface area contributed by atoms with E-state index in [0.717, 1.165) is 12.1 Å². The molecule has 0 amide bonds. The molecule has 0 heterocycles. The third kappa shape index (κ3) is 5.78. The SMILES string of the molecule is COCCOCCNC(C)c1ccc([N+](=O)[O-])cc1. The number of nitro groups is 1. The summed E-state index contributed by atoms with van der Waals surface area (Å²) in [7, 11) is 1.64. The predicted molar refractivity (Wildman–Crippen MR) is 72.2 cm³/mol. The minimum atomic E-state index is -0.397. The normalized spacial score (nSPS) is 12.3. The Bertz CT molecular complexity index is 381. The highest BCUT2D eigenvalue weighted by atomic mass is 16.6. The fraction of sp³-hybridized carbons (Fsp3) is 0.538. The maximum Gasteiger partial charge on any atom is 0.269 e. The maximum atomic E-state index is 10.5. The van der Waals surface area contributed by atoms with Crippen LogP contribution in [0.25, 0.3) is 0 Å². The Morgan fingerprint density at radius 2 is 1.95 bits per heavy atom. The molecule has 6 heteroatoms. The van der Waals surface area contributed by atoms with Gasteiger partial charge in [0.15, 0.2) is 0 Å². The number of nitrogens with one attached hydrogen (secondary N) is 1. The number of hydrogen-bond donors (Lipinski definition) is 1. The van der Waals surface area contributed by atoms with Crippen LogP contribution in [0.1, 0.15) is 18.5 Å². The van der Waals surface area contributed by atoms with Gasteiger partial charge in [0.25, 0.3) is 5.69 Å². The summed E-state index contributed by atoms with van der Waals surface area (Å²) in [6, 6.07) is 6.70. The van der Waals surface area contributed by atoms with Gasteiger partial charge in [-0.05, 0) is 12.5 Å². The van der Waals surface area contributed by atoms with E-state index in [1.807, 2.05) is 6.92 Å². The second-order valence-corrected chi connectivity index (χ2v) is 4.13. The number of nitrogens with zero attached hydrogens (tertiary/aromatic N) is 1. The summed E-state index contributed by atoms with van der Waals surface area (Å²) in [5.74, 6) is 0. The quantitative estimate of drug-likeness (QED) is 0.420. The Hall–Kier alpha value is -1.50. The summed E-state index contributed by atoms with van der Waals surface area (Å²) in [6.07, 6.45) is 0. The van der Waals surface area contributed by atoms with E-state index >= 15 is 0 Å². The Balaban J connectivity index is 2.29. The van der Waals surface area contributed by atoms with Crippen molar-refractivity contribution < 1.29 is 14.4 Å². The first-order valence-corrected chi connectivity index (χ1v) is 6.19. The van der Waals surface area contributed by atoms with Crippen LogP contribution in [0, 0.1) is 10.1 Å². The molecule has 0 aliphatic heterocycles. The van der Waals surface area contributed by atoms with E-state index in [-0.39, 0.29) is 11.7 Å². The topological polar surface area (TPSA) is 73.6 Å². The molecule has 0 saturated heterocycles. The summed E-state index contributed by atoms with van der Waals surface area (Å²) in [5, 5.41) is 13.8. The van der Waals surface area contributed by atoms with E-state index in [4.69, 9.17) is 9.47 Å². The zero-order chi connectivity index (χ0) is 14.1. The van der Waals surface area contributed by atoms with Crippen LogP contribution in [0.15, 0.2) is 24.3 Å². The summed E-state index contributed by atoms with van der Waals surface area (Å²) in [4.78, 5) is 10.1.